The summed E-state index contributed by atoms with van der Waals surface area (Å²) in [6.07, 6.45) is 0.449. The largest absolute Gasteiger partial charge is 0.338 e. The molecule has 1 aliphatic heterocycles. The molecule has 0 spiro atoms. The van der Waals surface area contributed by atoms with Crippen LogP contribution in [0.1, 0.15) is 35.7 Å². The summed E-state index contributed by atoms with van der Waals surface area (Å²) >= 11 is 24.6. The lowest BCUT2D eigenvalue weighted by Gasteiger charge is -2.36. The highest BCUT2D eigenvalue weighted by Crippen LogP contribution is 2.44. The second kappa shape index (κ2) is 8.85. The highest BCUT2D eigenvalue weighted by atomic mass is 35.5. The Morgan fingerprint density at radius 2 is 1.73 bits per heavy atom. The number of halogens is 4. The summed E-state index contributed by atoms with van der Waals surface area (Å²) in [6, 6.07) is 9.61. The Hall–Kier alpha value is -1.02. The fourth-order valence-electron chi connectivity index (χ4n) is 4.24. The van der Waals surface area contributed by atoms with Crippen LogP contribution < -0.4 is 0 Å². The van der Waals surface area contributed by atoms with Crippen LogP contribution in [0.2, 0.25) is 20.1 Å². The average molecular weight is 511 g/mol. The van der Waals surface area contributed by atoms with E-state index in [0.29, 0.717) is 17.0 Å². The van der Waals surface area contributed by atoms with Gasteiger partial charge in [-0.25, -0.2) is 0 Å². The van der Waals surface area contributed by atoms with Gasteiger partial charge in [0.25, 0.3) is 16.0 Å². The number of carbonyl (C=O) groups excluding carboxylic acids is 1. The third kappa shape index (κ3) is 4.31. The minimum atomic E-state index is -4.42. The van der Waals surface area contributed by atoms with Crippen molar-refractivity contribution >= 4 is 62.4 Å². The Kier molecular flexibility index (Phi) is 6.97. The monoisotopic (exact) mass is 509 g/mol. The van der Waals surface area contributed by atoms with Crippen molar-refractivity contribution in [1.29, 1.82) is 0 Å². The number of likely N-dealkylation sites (tertiary alicyclic amines) is 1. The Balaban J connectivity index is 2.09. The number of nitrogens with zero attached hydrogens (tertiary/aromatic N) is 1. The molecule has 2 atom stereocenters. The van der Waals surface area contributed by atoms with Crippen molar-refractivity contribution in [3.63, 3.8) is 0 Å². The van der Waals surface area contributed by atoms with Gasteiger partial charge in [-0.05, 0) is 42.7 Å². The van der Waals surface area contributed by atoms with Crippen molar-refractivity contribution in [2.24, 2.45) is 0 Å². The number of hydrogen-bond donors (Lipinski definition) is 1. The van der Waals surface area contributed by atoms with Gasteiger partial charge >= 0.3 is 0 Å². The van der Waals surface area contributed by atoms with E-state index < -0.39 is 26.7 Å². The van der Waals surface area contributed by atoms with Crippen LogP contribution in [0.5, 0.6) is 0 Å². The van der Waals surface area contributed by atoms with E-state index in [1.54, 1.807) is 43.3 Å². The standard InChI is InChI=1S/C20H19Cl4NO4S/c1-2-17(30(27,28)29)20(12-6-7-13(21)16(24)10-12)8-9-25(11-20)19(26)18-14(22)4-3-5-15(18)23/h3-7,10,17H,2,8-9,11H2,1H3,(H,27,28,29). The summed E-state index contributed by atoms with van der Waals surface area (Å²) in [5.74, 6) is -0.405. The molecule has 0 radical (unpaired) electrons. The van der Waals surface area contributed by atoms with Crippen molar-refractivity contribution in [3.05, 3.63) is 67.6 Å². The van der Waals surface area contributed by atoms with Gasteiger partial charge in [-0.1, -0.05) is 65.5 Å². The summed E-state index contributed by atoms with van der Waals surface area (Å²) < 4.78 is 34.6. The fourth-order valence-corrected chi connectivity index (χ4v) is 6.42. The molecular formula is C20H19Cl4NO4S. The average Bonchev–Trinajstić information content (AvgIpc) is 3.09. The highest BCUT2D eigenvalue weighted by molar-refractivity contribution is 7.86. The van der Waals surface area contributed by atoms with Crippen LogP contribution >= 0.6 is 46.4 Å². The van der Waals surface area contributed by atoms with Crippen LogP contribution in [0, 0.1) is 0 Å². The highest BCUT2D eigenvalue weighted by Gasteiger charge is 2.51. The predicted octanol–water partition coefficient (Wildman–Crippen LogP) is 5.75. The molecule has 0 aromatic heterocycles. The molecule has 10 heteroatoms. The quantitative estimate of drug-likeness (QED) is 0.519. The molecule has 30 heavy (non-hydrogen) atoms. The van der Waals surface area contributed by atoms with E-state index in [0.717, 1.165) is 0 Å². The van der Waals surface area contributed by atoms with E-state index in [4.69, 9.17) is 46.4 Å². The normalized spacial score (nSPS) is 20.4. The first kappa shape index (κ1) is 23.6. The van der Waals surface area contributed by atoms with Crippen LogP contribution in [-0.2, 0) is 15.5 Å². The summed E-state index contributed by atoms with van der Waals surface area (Å²) in [6.45, 7) is 1.98. The molecule has 1 N–H and O–H groups in total. The lowest BCUT2D eigenvalue weighted by atomic mass is 9.75. The van der Waals surface area contributed by atoms with Gasteiger partial charge in [0, 0.05) is 18.5 Å². The molecule has 2 unspecified atom stereocenters. The van der Waals surface area contributed by atoms with Gasteiger partial charge < -0.3 is 4.90 Å². The number of benzene rings is 2. The summed E-state index contributed by atoms with van der Waals surface area (Å²) in [7, 11) is -4.42. The van der Waals surface area contributed by atoms with E-state index in [2.05, 4.69) is 0 Å². The van der Waals surface area contributed by atoms with E-state index >= 15 is 0 Å². The van der Waals surface area contributed by atoms with Crippen LogP contribution in [0.15, 0.2) is 36.4 Å². The van der Waals surface area contributed by atoms with Crippen molar-refractivity contribution in [2.75, 3.05) is 13.1 Å². The van der Waals surface area contributed by atoms with Crippen LogP contribution in [0.25, 0.3) is 0 Å². The molecular weight excluding hydrogens is 492 g/mol. The molecule has 0 saturated carbocycles. The predicted molar refractivity (Wildman–Crippen MR) is 121 cm³/mol. The lowest BCUT2D eigenvalue weighted by Crippen LogP contribution is -2.47. The molecule has 1 amide bonds. The fraction of sp³-hybridized carbons (Fsp3) is 0.350. The maximum atomic E-state index is 13.2. The number of carbonyl (C=O) groups is 1. The summed E-state index contributed by atoms with van der Waals surface area (Å²) in [5.41, 5.74) is -0.326. The Labute approximate surface area is 195 Å². The zero-order valence-electron chi connectivity index (χ0n) is 15.9. The van der Waals surface area contributed by atoms with Gasteiger partial charge in [-0.15, -0.1) is 0 Å². The smallest absolute Gasteiger partial charge is 0.268 e. The third-order valence-corrected chi connectivity index (χ3v) is 8.48. The number of amides is 1. The first-order chi connectivity index (χ1) is 14.0. The van der Waals surface area contributed by atoms with Crippen molar-refractivity contribution in [1.82, 2.24) is 4.90 Å². The van der Waals surface area contributed by atoms with E-state index in [1.807, 2.05) is 0 Å². The van der Waals surface area contributed by atoms with Crippen molar-refractivity contribution in [2.45, 2.75) is 30.4 Å². The Morgan fingerprint density at radius 3 is 2.27 bits per heavy atom. The zero-order valence-corrected chi connectivity index (χ0v) is 19.7. The molecule has 3 rings (SSSR count). The van der Waals surface area contributed by atoms with Gasteiger partial charge in [-0.2, -0.15) is 8.42 Å². The number of hydrogen-bond acceptors (Lipinski definition) is 3. The van der Waals surface area contributed by atoms with Gasteiger partial charge in [0.1, 0.15) is 0 Å². The maximum absolute atomic E-state index is 13.2. The molecule has 1 fully saturated rings. The van der Waals surface area contributed by atoms with Crippen LogP contribution in [0.4, 0.5) is 0 Å². The van der Waals surface area contributed by atoms with E-state index in [9.17, 15) is 17.8 Å². The summed E-state index contributed by atoms with van der Waals surface area (Å²) in [5, 5.41) is -0.133. The molecule has 1 saturated heterocycles. The van der Waals surface area contributed by atoms with Crippen molar-refractivity contribution < 1.29 is 17.8 Å². The summed E-state index contributed by atoms with van der Waals surface area (Å²) in [4.78, 5) is 14.7. The molecule has 1 aliphatic rings. The Morgan fingerprint density at radius 1 is 1.10 bits per heavy atom. The first-order valence-corrected chi connectivity index (χ1v) is 12.2. The molecule has 0 bridgehead atoms. The van der Waals surface area contributed by atoms with E-state index in [-0.39, 0.29) is 40.1 Å². The first-order valence-electron chi connectivity index (χ1n) is 9.16. The topological polar surface area (TPSA) is 74.7 Å². The van der Waals surface area contributed by atoms with Crippen LogP contribution in [-0.4, -0.2) is 42.1 Å². The molecule has 162 valence electrons. The van der Waals surface area contributed by atoms with Crippen molar-refractivity contribution in [3.8, 4) is 0 Å². The molecule has 0 aliphatic carbocycles. The molecule has 5 nitrogen and oxygen atoms in total. The Bertz CT molecular complexity index is 1070. The minimum absolute atomic E-state index is 0.0453. The van der Waals surface area contributed by atoms with Crippen LogP contribution in [0.3, 0.4) is 0 Å². The van der Waals surface area contributed by atoms with Gasteiger partial charge in [0.05, 0.1) is 30.9 Å². The third-order valence-electron chi connectivity index (χ3n) is 5.61. The second-order valence-corrected chi connectivity index (χ2v) is 10.5. The van der Waals surface area contributed by atoms with E-state index in [1.165, 1.54) is 4.90 Å². The second-order valence-electron chi connectivity index (χ2n) is 7.27. The molecule has 1 heterocycles. The number of rotatable bonds is 5. The molecule has 2 aromatic carbocycles. The van der Waals surface area contributed by atoms with Gasteiger partial charge in [-0.3, -0.25) is 9.35 Å². The van der Waals surface area contributed by atoms with Gasteiger partial charge in [0.2, 0.25) is 0 Å². The van der Waals surface area contributed by atoms with Gasteiger partial charge in [0.15, 0.2) is 0 Å². The molecule has 2 aromatic rings. The minimum Gasteiger partial charge on any atom is -0.338 e. The lowest BCUT2D eigenvalue weighted by molar-refractivity contribution is 0.0782. The zero-order chi connectivity index (χ0) is 22.3. The SMILES string of the molecule is CCC(C1(c2ccc(Cl)c(Cl)c2)CCN(C(=O)c2c(Cl)cccc2Cl)C1)S(=O)(=O)O. The maximum Gasteiger partial charge on any atom is 0.268 e.